The number of nitrogen functional groups attached to an aromatic ring is 1. The zero-order valence-electron chi connectivity index (χ0n) is 13.7. The molecule has 0 saturated carbocycles. The number of aromatic nitrogens is 1. The van der Waals surface area contributed by atoms with Crippen LogP contribution in [0.5, 0.6) is 0 Å². The summed E-state index contributed by atoms with van der Waals surface area (Å²) in [5, 5.41) is 9.31. The molecule has 1 aromatic heterocycles. The number of amides is 1. The fraction of sp³-hybridized carbons (Fsp3) is 0.412. The van der Waals surface area contributed by atoms with Crippen molar-refractivity contribution in [1.29, 1.82) is 0 Å². The van der Waals surface area contributed by atoms with Gasteiger partial charge in [0, 0.05) is 23.3 Å². The van der Waals surface area contributed by atoms with E-state index in [1.807, 2.05) is 39.0 Å². The highest BCUT2D eigenvalue weighted by molar-refractivity contribution is 5.66. The quantitative estimate of drug-likeness (QED) is 0.821. The highest BCUT2D eigenvalue weighted by Crippen LogP contribution is 2.24. The first-order valence-corrected chi connectivity index (χ1v) is 7.56. The minimum atomic E-state index is -0.896. The number of benzene rings is 1. The van der Waals surface area contributed by atoms with Crippen molar-refractivity contribution in [2.24, 2.45) is 0 Å². The topological polar surface area (TPSA) is 92.6 Å². The third kappa shape index (κ3) is 4.48. The lowest BCUT2D eigenvalue weighted by molar-refractivity contribution is 0.0996. The molecule has 0 fully saturated rings. The van der Waals surface area contributed by atoms with Crippen LogP contribution in [0, 0.1) is 0 Å². The van der Waals surface area contributed by atoms with Crippen LogP contribution in [-0.2, 0) is 6.42 Å². The molecule has 1 amide bonds. The Morgan fingerprint density at radius 1 is 1.35 bits per heavy atom. The number of carbonyl (C=O) groups is 1. The Bertz CT molecular complexity index is 660. The second-order valence-corrected chi connectivity index (χ2v) is 6.54. The molecular weight excluding hydrogens is 294 g/mol. The predicted molar refractivity (Wildman–Crippen MR) is 89.2 cm³/mol. The monoisotopic (exact) mass is 317 g/mol. The lowest BCUT2D eigenvalue weighted by atomic mass is 10.0. The molecule has 0 saturated heterocycles. The van der Waals surface area contributed by atoms with Crippen LogP contribution in [0.15, 0.2) is 35.2 Å². The zero-order chi connectivity index (χ0) is 17.0. The Hall–Kier alpha value is -2.50. The summed E-state index contributed by atoms with van der Waals surface area (Å²) in [6.45, 7) is 6.15. The van der Waals surface area contributed by atoms with Gasteiger partial charge in [-0.1, -0.05) is 0 Å². The maximum Gasteiger partial charge on any atom is 0.407 e. The van der Waals surface area contributed by atoms with Gasteiger partial charge in [-0.25, -0.2) is 9.78 Å². The maximum absolute atomic E-state index is 11.3. The van der Waals surface area contributed by atoms with E-state index in [0.717, 1.165) is 24.0 Å². The van der Waals surface area contributed by atoms with Gasteiger partial charge in [-0.3, -0.25) is 0 Å². The fourth-order valence-electron chi connectivity index (χ4n) is 2.52. The van der Waals surface area contributed by atoms with E-state index in [-0.39, 0.29) is 0 Å². The van der Waals surface area contributed by atoms with Gasteiger partial charge in [-0.2, -0.15) is 0 Å². The van der Waals surface area contributed by atoms with E-state index in [9.17, 15) is 9.90 Å². The van der Waals surface area contributed by atoms with Crippen molar-refractivity contribution in [3.8, 4) is 11.3 Å². The number of aryl methyl sites for hydroxylation is 1. The Morgan fingerprint density at radius 3 is 2.65 bits per heavy atom. The summed E-state index contributed by atoms with van der Waals surface area (Å²) in [6, 6.07) is 5.74. The van der Waals surface area contributed by atoms with E-state index in [1.54, 1.807) is 6.20 Å². The van der Waals surface area contributed by atoms with Crippen molar-refractivity contribution >= 4 is 11.8 Å². The Kier molecular flexibility index (Phi) is 4.93. The second kappa shape index (κ2) is 6.73. The summed E-state index contributed by atoms with van der Waals surface area (Å²) < 4.78 is 5.30. The van der Waals surface area contributed by atoms with Crippen LogP contribution in [0.2, 0.25) is 0 Å². The lowest BCUT2D eigenvalue weighted by Crippen LogP contribution is -2.45. The molecule has 6 heteroatoms. The minimum Gasteiger partial charge on any atom is -0.465 e. The molecule has 0 atom stereocenters. The van der Waals surface area contributed by atoms with Crippen molar-refractivity contribution < 1.29 is 14.3 Å². The SMILES string of the molecule is CC(C)(C)N(CCCc1cc(N)cc(-c2cnco2)c1)C(=O)O. The molecule has 0 aliphatic carbocycles. The van der Waals surface area contributed by atoms with E-state index < -0.39 is 11.6 Å². The number of hydrogen-bond donors (Lipinski definition) is 2. The molecule has 23 heavy (non-hydrogen) atoms. The molecule has 0 radical (unpaired) electrons. The molecular formula is C17H23N3O3. The van der Waals surface area contributed by atoms with Crippen molar-refractivity contribution in [2.75, 3.05) is 12.3 Å². The van der Waals surface area contributed by atoms with Crippen LogP contribution in [0.25, 0.3) is 11.3 Å². The third-order valence-electron chi connectivity index (χ3n) is 3.62. The van der Waals surface area contributed by atoms with E-state index in [1.165, 1.54) is 11.3 Å². The smallest absolute Gasteiger partial charge is 0.407 e. The molecule has 3 N–H and O–H groups in total. The molecule has 6 nitrogen and oxygen atoms in total. The van der Waals surface area contributed by atoms with Gasteiger partial charge in [-0.05, 0) is 57.4 Å². The van der Waals surface area contributed by atoms with E-state index in [4.69, 9.17) is 10.2 Å². The van der Waals surface area contributed by atoms with Gasteiger partial charge in [0.05, 0.1) is 6.20 Å². The number of nitrogens with two attached hydrogens (primary N) is 1. The molecule has 0 aliphatic rings. The Morgan fingerprint density at radius 2 is 2.09 bits per heavy atom. The van der Waals surface area contributed by atoms with Crippen molar-refractivity contribution in [3.05, 3.63) is 36.4 Å². The zero-order valence-corrected chi connectivity index (χ0v) is 13.7. The molecule has 0 spiro atoms. The van der Waals surface area contributed by atoms with Gasteiger partial charge in [0.2, 0.25) is 0 Å². The standard InChI is InChI=1S/C17H23N3O3/c1-17(2,3)20(16(21)22)6-4-5-12-7-13(9-14(18)8-12)15-10-19-11-23-15/h7-11H,4-6,18H2,1-3H3,(H,21,22). The fourth-order valence-corrected chi connectivity index (χ4v) is 2.52. The summed E-state index contributed by atoms with van der Waals surface area (Å²) in [4.78, 5) is 16.7. The first-order valence-electron chi connectivity index (χ1n) is 7.56. The summed E-state index contributed by atoms with van der Waals surface area (Å²) in [7, 11) is 0. The molecule has 2 rings (SSSR count). The van der Waals surface area contributed by atoms with Crippen molar-refractivity contribution in [2.45, 2.75) is 39.2 Å². The van der Waals surface area contributed by atoms with E-state index in [2.05, 4.69) is 4.98 Å². The molecule has 124 valence electrons. The number of carboxylic acid groups (broad SMARTS) is 1. The first-order chi connectivity index (χ1) is 10.8. The number of rotatable bonds is 5. The molecule has 1 heterocycles. The number of anilines is 1. The second-order valence-electron chi connectivity index (χ2n) is 6.54. The first kappa shape index (κ1) is 16.9. The van der Waals surface area contributed by atoms with E-state index in [0.29, 0.717) is 18.0 Å². The normalized spacial score (nSPS) is 11.4. The number of oxazole rings is 1. The van der Waals surface area contributed by atoms with Gasteiger partial charge in [-0.15, -0.1) is 0 Å². The maximum atomic E-state index is 11.3. The summed E-state index contributed by atoms with van der Waals surface area (Å²) in [5.41, 5.74) is 8.12. The van der Waals surface area contributed by atoms with Gasteiger partial charge in [0.1, 0.15) is 0 Å². The highest BCUT2D eigenvalue weighted by Gasteiger charge is 2.25. The van der Waals surface area contributed by atoms with Crippen LogP contribution < -0.4 is 5.73 Å². The van der Waals surface area contributed by atoms with Crippen LogP contribution in [0.3, 0.4) is 0 Å². The van der Waals surface area contributed by atoms with Gasteiger partial charge in [0.25, 0.3) is 0 Å². The molecule has 0 aliphatic heterocycles. The molecule has 2 aromatic rings. The van der Waals surface area contributed by atoms with Gasteiger partial charge < -0.3 is 20.2 Å². The van der Waals surface area contributed by atoms with Crippen molar-refractivity contribution in [3.63, 3.8) is 0 Å². The van der Waals surface area contributed by atoms with Crippen molar-refractivity contribution in [1.82, 2.24) is 9.88 Å². The average molecular weight is 317 g/mol. The van der Waals surface area contributed by atoms with Gasteiger partial charge >= 0.3 is 6.09 Å². The van der Waals surface area contributed by atoms with Crippen LogP contribution in [0.4, 0.5) is 10.5 Å². The summed E-state index contributed by atoms with van der Waals surface area (Å²) in [6.07, 6.45) is 3.60. The summed E-state index contributed by atoms with van der Waals surface area (Å²) in [5.74, 6) is 0.667. The number of hydrogen-bond acceptors (Lipinski definition) is 4. The highest BCUT2D eigenvalue weighted by atomic mass is 16.4. The van der Waals surface area contributed by atoms with E-state index >= 15 is 0 Å². The largest absolute Gasteiger partial charge is 0.465 e. The lowest BCUT2D eigenvalue weighted by Gasteiger charge is -2.33. The molecule has 0 unspecified atom stereocenters. The average Bonchev–Trinajstić information content (AvgIpc) is 2.95. The van der Waals surface area contributed by atoms with Crippen LogP contribution >= 0.6 is 0 Å². The predicted octanol–water partition coefficient (Wildman–Crippen LogP) is 3.63. The number of nitrogens with zero attached hydrogens (tertiary/aromatic N) is 2. The third-order valence-corrected chi connectivity index (χ3v) is 3.62. The molecule has 0 bridgehead atoms. The van der Waals surface area contributed by atoms with Crippen LogP contribution in [0.1, 0.15) is 32.8 Å². The van der Waals surface area contributed by atoms with Gasteiger partial charge in [0.15, 0.2) is 12.2 Å². The van der Waals surface area contributed by atoms with Crippen LogP contribution in [-0.4, -0.2) is 33.2 Å². The minimum absolute atomic E-state index is 0.410. The Labute approximate surface area is 135 Å². The summed E-state index contributed by atoms with van der Waals surface area (Å²) >= 11 is 0. The Balaban J connectivity index is 2.05. The molecule has 1 aromatic carbocycles.